The van der Waals surface area contributed by atoms with Crippen LogP contribution in [0.5, 0.6) is 11.5 Å². The van der Waals surface area contributed by atoms with Crippen molar-refractivity contribution in [2.24, 2.45) is 0 Å². The molecule has 0 saturated carbocycles. The molecule has 0 amide bonds. The second kappa shape index (κ2) is 7.34. The zero-order valence-electron chi connectivity index (χ0n) is 14.5. The van der Waals surface area contributed by atoms with E-state index in [2.05, 4.69) is 49.8 Å². The van der Waals surface area contributed by atoms with E-state index in [4.69, 9.17) is 13.9 Å². The Labute approximate surface area is 143 Å². The van der Waals surface area contributed by atoms with Gasteiger partial charge in [0.15, 0.2) is 8.32 Å². The van der Waals surface area contributed by atoms with Crippen molar-refractivity contribution in [1.82, 2.24) is 0 Å². The number of halogens is 1. The van der Waals surface area contributed by atoms with Crippen LogP contribution >= 0.6 is 15.9 Å². The maximum atomic E-state index is 10.5. The van der Waals surface area contributed by atoms with Gasteiger partial charge >= 0.3 is 0 Å². The van der Waals surface area contributed by atoms with Crippen molar-refractivity contribution in [2.45, 2.75) is 45.0 Å². The van der Waals surface area contributed by atoms with E-state index in [0.29, 0.717) is 17.1 Å². The number of ether oxygens (including phenoxy) is 2. The van der Waals surface area contributed by atoms with E-state index in [1.807, 2.05) is 0 Å². The first-order valence-corrected chi connectivity index (χ1v) is 11.0. The molecule has 0 aliphatic rings. The van der Waals surface area contributed by atoms with Crippen LogP contribution in [0.1, 0.15) is 32.4 Å². The fraction of sp³-hybridized carbons (Fsp3) is 0.625. The van der Waals surface area contributed by atoms with Crippen molar-refractivity contribution in [2.75, 3.05) is 20.8 Å². The average molecular weight is 391 g/mol. The van der Waals surface area contributed by atoms with Gasteiger partial charge in [0, 0.05) is 11.6 Å². The van der Waals surface area contributed by atoms with Crippen molar-refractivity contribution < 1.29 is 19.0 Å². The van der Waals surface area contributed by atoms with E-state index in [1.54, 1.807) is 26.4 Å². The van der Waals surface area contributed by atoms with Gasteiger partial charge in [0.25, 0.3) is 0 Å². The Balaban J connectivity index is 2.97. The monoisotopic (exact) mass is 390 g/mol. The summed E-state index contributed by atoms with van der Waals surface area (Å²) in [5.74, 6) is 1.27. The van der Waals surface area contributed by atoms with Crippen molar-refractivity contribution >= 4 is 24.2 Å². The zero-order valence-corrected chi connectivity index (χ0v) is 17.1. The lowest BCUT2D eigenvalue weighted by Crippen LogP contribution is -2.41. The van der Waals surface area contributed by atoms with Crippen LogP contribution in [0.25, 0.3) is 0 Å². The first-order chi connectivity index (χ1) is 10.0. The smallest absolute Gasteiger partial charge is 0.192 e. The number of rotatable bonds is 6. The van der Waals surface area contributed by atoms with Crippen LogP contribution in [-0.4, -0.2) is 34.3 Å². The summed E-state index contributed by atoms with van der Waals surface area (Å²) in [5.41, 5.74) is 0.704. The molecule has 126 valence electrons. The normalized spacial score (nSPS) is 13.9. The lowest BCUT2D eigenvalue weighted by Gasteiger charge is -2.36. The van der Waals surface area contributed by atoms with Crippen LogP contribution in [-0.2, 0) is 4.43 Å². The SMILES string of the molecule is COc1cc(OC)c(Br)c([C@@H](O)CO[Si](C)(C)C(C)(C)C)c1. The zero-order chi connectivity index (χ0) is 17.1. The van der Waals surface area contributed by atoms with Crippen LogP contribution < -0.4 is 9.47 Å². The molecule has 4 nitrogen and oxygen atoms in total. The summed E-state index contributed by atoms with van der Waals surface area (Å²) >= 11 is 3.48. The summed E-state index contributed by atoms with van der Waals surface area (Å²) in [4.78, 5) is 0. The predicted octanol–water partition coefficient (Wildman–Crippen LogP) is 4.52. The van der Waals surface area contributed by atoms with Crippen molar-refractivity contribution in [3.05, 3.63) is 22.2 Å². The number of benzene rings is 1. The Morgan fingerprint density at radius 2 is 1.77 bits per heavy atom. The second-order valence-electron chi connectivity index (χ2n) is 6.82. The van der Waals surface area contributed by atoms with Gasteiger partial charge in [-0.2, -0.15) is 0 Å². The van der Waals surface area contributed by atoms with Gasteiger partial charge in [-0.15, -0.1) is 0 Å². The van der Waals surface area contributed by atoms with Crippen LogP contribution in [0.15, 0.2) is 16.6 Å². The molecular formula is C16H27BrO4Si. The highest BCUT2D eigenvalue weighted by Crippen LogP contribution is 2.39. The van der Waals surface area contributed by atoms with Gasteiger partial charge in [0.1, 0.15) is 17.6 Å². The predicted molar refractivity (Wildman–Crippen MR) is 95.4 cm³/mol. The van der Waals surface area contributed by atoms with E-state index < -0.39 is 14.4 Å². The summed E-state index contributed by atoms with van der Waals surface area (Å²) in [5, 5.41) is 10.6. The minimum atomic E-state index is -1.90. The van der Waals surface area contributed by atoms with Gasteiger partial charge in [0.2, 0.25) is 0 Å². The topological polar surface area (TPSA) is 47.9 Å². The molecule has 1 N–H and O–H groups in total. The van der Waals surface area contributed by atoms with Gasteiger partial charge < -0.3 is 19.0 Å². The minimum absolute atomic E-state index is 0.107. The minimum Gasteiger partial charge on any atom is -0.497 e. The van der Waals surface area contributed by atoms with Crippen LogP contribution in [0.3, 0.4) is 0 Å². The third-order valence-corrected chi connectivity index (χ3v) is 9.61. The quantitative estimate of drug-likeness (QED) is 0.725. The highest BCUT2D eigenvalue weighted by molar-refractivity contribution is 9.10. The van der Waals surface area contributed by atoms with Crippen molar-refractivity contribution in [3.63, 3.8) is 0 Å². The van der Waals surface area contributed by atoms with Crippen LogP contribution in [0.4, 0.5) is 0 Å². The number of methoxy groups -OCH3 is 2. The Kier molecular flexibility index (Phi) is 6.50. The molecule has 0 unspecified atom stereocenters. The highest BCUT2D eigenvalue weighted by atomic mass is 79.9. The largest absolute Gasteiger partial charge is 0.497 e. The molecule has 1 aromatic rings. The van der Waals surface area contributed by atoms with Gasteiger partial charge in [-0.1, -0.05) is 20.8 Å². The standard InChI is InChI=1S/C16H27BrO4Si/c1-16(2,3)22(6,7)21-10-13(18)12-8-11(19-4)9-14(20-5)15(12)17/h8-9,13,18H,10H2,1-7H3/t13-/m0/s1. The molecule has 1 atom stereocenters. The van der Waals surface area contributed by atoms with E-state index in [-0.39, 0.29) is 11.6 Å². The number of hydrogen-bond donors (Lipinski definition) is 1. The molecule has 0 aromatic heterocycles. The summed E-state index contributed by atoms with van der Waals surface area (Å²) in [6, 6.07) is 3.57. The third kappa shape index (κ3) is 4.47. The Bertz CT molecular complexity index is 512. The van der Waals surface area contributed by atoms with E-state index in [0.717, 1.165) is 4.47 Å². The fourth-order valence-corrected chi connectivity index (χ4v) is 3.36. The van der Waals surface area contributed by atoms with Gasteiger partial charge in [-0.3, -0.25) is 0 Å². The van der Waals surface area contributed by atoms with Gasteiger partial charge in [-0.05, 0) is 40.1 Å². The number of aliphatic hydroxyl groups is 1. The molecule has 0 aliphatic heterocycles. The molecule has 0 radical (unpaired) electrons. The maximum Gasteiger partial charge on any atom is 0.192 e. The summed E-state index contributed by atoms with van der Waals surface area (Å²) < 4.78 is 17.4. The Morgan fingerprint density at radius 1 is 1.18 bits per heavy atom. The van der Waals surface area contributed by atoms with Gasteiger partial charge in [-0.25, -0.2) is 0 Å². The second-order valence-corrected chi connectivity index (χ2v) is 12.4. The first kappa shape index (κ1) is 19.5. The first-order valence-electron chi connectivity index (χ1n) is 7.27. The molecule has 1 rings (SSSR count). The Morgan fingerprint density at radius 3 is 2.23 bits per heavy atom. The summed E-state index contributed by atoms with van der Waals surface area (Å²) in [7, 11) is 1.27. The molecule has 22 heavy (non-hydrogen) atoms. The lowest BCUT2D eigenvalue weighted by molar-refractivity contribution is 0.0993. The highest BCUT2D eigenvalue weighted by Gasteiger charge is 2.37. The maximum absolute atomic E-state index is 10.5. The molecule has 0 spiro atoms. The molecule has 6 heteroatoms. The molecule has 0 aliphatic carbocycles. The summed E-state index contributed by atoms with van der Waals surface area (Å²) in [6.45, 7) is 11.1. The molecule has 0 bridgehead atoms. The number of aliphatic hydroxyl groups excluding tert-OH is 1. The van der Waals surface area contributed by atoms with E-state index in [1.165, 1.54) is 0 Å². The molecule has 0 fully saturated rings. The molecular weight excluding hydrogens is 364 g/mol. The van der Waals surface area contributed by atoms with Crippen LogP contribution in [0.2, 0.25) is 18.1 Å². The molecule has 0 heterocycles. The number of hydrogen-bond acceptors (Lipinski definition) is 4. The van der Waals surface area contributed by atoms with Crippen molar-refractivity contribution in [1.29, 1.82) is 0 Å². The van der Waals surface area contributed by atoms with Crippen molar-refractivity contribution in [3.8, 4) is 11.5 Å². The average Bonchev–Trinajstić information content (AvgIpc) is 2.43. The fourth-order valence-electron chi connectivity index (χ4n) is 1.70. The third-order valence-electron chi connectivity index (χ3n) is 4.26. The van der Waals surface area contributed by atoms with Gasteiger partial charge in [0.05, 0.1) is 25.3 Å². The van der Waals surface area contributed by atoms with E-state index >= 15 is 0 Å². The molecule has 0 saturated heterocycles. The molecule has 1 aromatic carbocycles. The summed E-state index contributed by atoms with van der Waals surface area (Å²) in [6.07, 6.45) is -0.743. The van der Waals surface area contributed by atoms with E-state index in [9.17, 15) is 5.11 Å². The Hall–Kier alpha value is -0.563. The lowest BCUT2D eigenvalue weighted by atomic mass is 10.1. The van der Waals surface area contributed by atoms with Crippen LogP contribution in [0, 0.1) is 0 Å².